The van der Waals surface area contributed by atoms with Gasteiger partial charge in [-0.15, -0.1) is 0 Å². The van der Waals surface area contributed by atoms with E-state index in [-0.39, 0.29) is 0 Å². The molecule has 6 heavy (non-hydrogen) atoms. The first-order valence-electron chi connectivity index (χ1n) is 1.85. The van der Waals surface area contributed by atoms with Crippen molar-refractivity contribution < 1.29 is 0 Å². The van der Waals surface area contributed by atoms with E-state index in [4.69, 9.17) is 0 Å². The summed E-state index contributed by atoms with van der Waals surface area (Å²) in [6, 6.07) is 5.72. The summed E-state index contributed by atoms with van der Waals surface area (Å²) >= 11 is 0. The predicted octanol–water partition coefficient (Wildman–Crippen LogP) is 1.08. The van der Waals surface area contributed by atoms with Crippen LogP contribution in [0.2, 0.25) is 0 Å². The summed E-state index contributed by atoms with van der Waals surface area (Å²) in [7, 11) is 0. The maximum atomic E-state index is 3.78. The van der Waals surface area contributed by atoms with Crippen LogP contribution in [0.15, 0.2) is 30.6 Å². The molecule has 0 radical (unpaired) electrons. The highest BCUT2D eigenvalue weighted by Crippen LogP contribution is 1.73. The summed E-state index contributed by atoms with van der Waals surface area (Å²) in [5.41, 5.74) is 0. The Morgan fingerprint density at radius 3 is 2.00 bits per heavy atom. The topological polar surface area (TPSA) is 12.9 Å². The summed E-state index contributed by atoms with van der Waals surface area (Å²) in [5.74, 6) is 0. The van der Waals surface area contributed by atoms with Crippen molar-refractivity contribution in [3.63, 3.8) is 0 Å². The molecule has 0 unspecified atom stereocenters. The van der Waals surface area contributed by atoms with Gasteiger partial charge in [-0.25, -0.2) is 0 Å². The minimum Gasteiger partial charge on any atom is -0.265 e. The van der Waals surface area contributed by atoms with Gasteiger partial charge in [-0.1, -0.05) is 6.07 Å². The quantitative estimate of drug-likeness (QED) is 0.455. The van der Waals surface area contributed by atoms with Gasteiger partial charge in [0.2, 0.25) is 0 Å². The fourth-order valence-electron chi connectivity index (χ4n) is 0.313. The van der Waals surface area contributed by atoms with Crippen LogP contribution in [0.25, 0.3) is 0 Å². The summed E-state index contributed by atoms with van der Waals surface area (Å²) in [5, 5.41) is 0. The summed E-state index contributed by atoms with van der Waals surface area (Å²) < 4.78 is 0. The van der Waals surface area contributed by atoms with Crippen molar-refractivity contribution in [2.24, 2.45) is 0 Å². The standard InChI is InChI=1S/C5H5N/c1-2-4-6-5-3-1/h1-5H/i1+2. The van der Waals surface area contributed by atoms with Crippen molar-refractivity contribution in [3.05, 3.63) is 30.6 Å². The molecule has 0 aliphatic rings. The normalized spacial score (nSPS) is 8.00. The molecule has 1 heteroatoms. The van der Waals surface area contributed by atoms with Crippen LogP contribution in [0.5, 0.6) is 0 Å². The van der Waals surface area contributed by atoms with Gasteiger partial charge in [-0.3, -0.25) is 4.98 Å². The van der Waals surface area contributed by atoms with E-state index in [0.29, 0.717) is 0 Å². The smallest absolute Gasteiger partial charge is 0.0267 e. The Bertz CT molecular complexity index is 75.9. The van der Waals surface area contributed by atoms with E-state index in [1.807, 2.05) is 18.2 Å². The SMILES string of the molecule is c1cncc[14cH]1. The molecule has 0 aliphatic heterocycles. The number of aromatic nitrogens is 1. The van der Waals surface area contributed by atoms with Gasteiger partial charge >= 0.3 is 0 Å². The van der Waals surface area contributed by atoms with Crippen molar-refractivity contribution >= 4 is 0 Å². The van der Waals surface area contributed by atoms with Crippen LogP contribution in [0, 0.1) is 0 Å². The molecule has 30 valence electrons. The average molecular weight is 81.1 g/mol. The third kappa shape index (κ3) is 0.549. The van der Waals surface area contributed by atoms with Crippen molar-refractivity contribution in [2.75, 3.05) is 0 Å². The van der Waals surface area contributed by atoms with E-state index in [2.05, 4.69) is 4.98 Å². The van der Waals surface area contributed by atoms with Gasteiger partial charge in [0.1, 0.15) is 0 Å². The lowest BCUT2D eigenvalue weighted by molar-refractivity contribution is 1.33. The molecular weight excluding hydrogens is 76.1 g/mol. The molecule has 0 spiro atoms. The van der Waals surface area contributed by atoms with Gasteiger partial charge in [0.15, 0.2) is 0 Å². The first-order chi connectivity index (χ1) is 3.00. The Kier molecular flexibility index (Phi) is 0.865. The van der Waals surface area contributed by atoms with Gasteiger partial charge < -0.3 is 0 Å². The molecule has 1 nitrogen and oxygen atoms in total. The van der Waals surface area contributed by atoms with Crippen molar-refractivity contribution in [2.45, 2.75) is 0 Å². The zero-order valence-corrected chi connectivity index (χ0v) is 3.33. The van der Waals surface area contributed by atoms with E-state index < -0.39 is 0 Å². The second kappa shape index (κ2) is 1.55. The summed E-state index contributed by atoms with van der Waals surface area (Å²) in [4.78, 5) is 3.78. The predicted molar refractivity (Wildman–Crippen MR) is 24.2 cm³/mol. The maximum Gasteiger partial charge on any atom is 0.0267 e. The summed E-state index contributed by atoms with van der Waals surface area (Å²) in [6.45, 7) is 0. The molecular formula is C5H5N. The largest absolute Gasteiger partial charge is 0.265 e. The number of pyridine rings is 1. The van der Waals surface area contributed by atoms with Gasteiger partial charge in [0.05, 0.1) is 0 Å². The van der Waals surface area contributed by atoms with Crippen LogP contribution in [0.4, 0.5) is 0 Å². The molecule has 1 aromatic rings. The van der Waals surface area contributed by atoms with E-state index >= 15 is 0 Å². The molecule has 0 saturated carbocycles. The van der Waals surface area contributed by atoms with Crippen molar-refractivity contribution in [1.29, 1.82) is 0 Å². The molecule has 0 aromatic carbocycles. The molecule has 1 rings (SSSR count). The Morgan fingerprint density at radius 1 is 1.17 bits per heavy atom. The van der Waals surface area contributed by atoms with Gasteiger partial charge in [-0.2, -0.15) is 0 Å². The highest BCUT2D eigenvalue weighted by atomic mass is 14.7. The second-order valence-corrected chi connectivity index (χ2v) is 1.02. The second-order valence-electron chi connectivity index (χ2n) is 1.02. The zero-order chi connectivity index (χ0) is 4.24. The average Bonchev–Trinajstić information content (AvgIpc) is 1.72. The van der Waals surface area contributed by atoms with Crippen LogP contribution < -0.4 is 0 Å². The summed E-state index contributed by atoms with van der Waals surface area (Å²) in [6.07, 6.45) is 3.50. The van der Waals surface area contributed by atoms with E-state index in [1.165, 1.54) is 0 Å². The van der Waals surface area contributed by atoms with Gasteiger partial charge in [-0.05, 0) is 12.1 Å². The molecule has 1 aromatic heterocycles. The Labute approximate surface area is 36.7 Å². The Hall–Kier alpha value is -0.850. The van der Waals surface area contributed by atoms with Gasteiger partial charge in [0.25, 0.3) is 0 Å². The number of nitrogens with zero attached hydrogens (tertiary/aromatic N) is 1. The molecule has 0 atom stereocenters. The molecule has 0 amide bonds. The molecule has 0 N–H and O–H groups in total. The monoisotopic (exact) mass is 81.0 g/mol. The fraction of sp³-hybridized carbons (Fsp3) is 0. The van der Waals surface area contributed by atoms with E-state index in [9.17, 15) is 0 Å². The van der Waals surface area contributed by atoms with Crippen LogP contribution in [-0.4, -0.2) is 4.98 Å². The fourth-order valence-corrected chi connectivity index (χ4v) is 0.313. The third-order valence-corrected chi connectivity index (χ3v) is 0.566. The maximum absolute atomic E-state index is 3.78. The van der Waals surface area contributed by atoms with Gasteiger partial charge in [0, 0.05) is 12.4 Å². The van der Waals surface area contributed by atoms with Crippen molar-refractivity contribution in [3.8, 4) is 0 Å². The molecule has 0 saturated heterocycles. The van der Waals surface area contributed by atoms with E-state index in [0.717, 1.165) is 0 Å². The van der Waals surface area contributed by atoms with Crippen LogP contribution in [0.1, 0.15) is 0 Å². The Morgan fingerprint density at radius 2 is 1.83 bits per heavy atom. The first kappa shape index (κ1) is 3.34. The Balaban J connectivity index is 3.00. The minimum atomic E-state index is 1.75. The van der Waals surface area contributed by atoms with Crippen LogP contribution in [0.3, 0.4) is 0 Å². The lowest BCUT2D eigenvalue weighted by Crippen LogP contribution is -1.58. The number of hydrogen-bond donors (Lipinski definition) is 0. The highest BCUT2D eigenvalue weighted by molar-refractivity contribution is 4.88. The first-order valence-corrected chi connectivity index (χ1v) is 1.85. The number of hydrogen-bond acceptors (Lipinski definition) is 1. The molecule has 0 aliphatic carbocycles. The molecule has 0 fully saturated rings. The number of rotatable bonds is 0. The highest BCUT2D eigenvalue weighted by Gasteiger charge is 1.58. The lowest BCUT2D eigenvalue weighted by atomic mass is 10.8. The lowest BCUT2D eigenvalue weighted by Gasteiger charge is -1.70. The molecule has 0 bridgehead atoms. The zero-order valence-electron chi connectivity index (χ0n) is 3.33. The third-order valence-electron chi connectivity index (χ3n) is 0.566. The van der Waals surface area contributed by atoms with E-state index in [1.54, 1.807) is 12.4 Å². The van der Waals surface area contributed by atoms with Crippen LogP contribution >= 0.6 is 0 Å². The minimum absolute atomic E-state index is 1.75. The molecule has 1 heterocycles. The van der Waals surface area contributed by atoms with Crippen molar-refractivity contribution in [1.82, 2.24) is 4.98 Å². The van der Waals surface area contributed by atoms with Crippen LogP contribution in [-0.2, 0) is 0 Å².